The third-order valence-electron chi connectivity index (χ3n) is 10.8. The van der Waals surface area contributed by atoms with Gasteiger partial charge in [0.05, 0.1) is 18.1 Å². The van der Waals surface area contributed by atoms with Crippen molar-refractivity contribution in [1.82, 2.24) is 0 Å². The summed E-state index contributed by atoms with van der Waals surface area (Å²) in [6, 6.07) is 17.9. The minimum atomic E-state index is -0.176. The zero-order valence-corrected chi connectivity index (χ0v) is 30.0. The molecule has 2 aliphatic heterocycles. The van der Waals surface area contributed by atoms with E-state index in [1.54, 1.807) is 14.2 Å². The molecule has 0 radical (unpaired) electrons. The van der Waals surface area contributed by atoms with Crippen molar-refractivity contribution in [2.45, 2.75) is 70.8 Å². The summed E-state index contributed by atoms with van der Waals surface area (Å²) in [7, 11) is 3.56. The lowest BCUT2D eigenvalue weighted by atomic mass is 9.76. The first-order chi connectivity index (χ1) is 22.6. The highest BCUT2D eigenvalue weighted by Crippen LogP contribution is 2.50. The predicted octanol–water partition coefficient (Wildman–Crippen LogP) is 9.79. The molecule has 0 amide bonds. The lowest BCUT2D eigenvalue weighted by Gasteiger charge is -2.34. The molecule has 4 nitrogen and oxygen atoms in total. The van der Waals surface area contributed by atoms with E-state index in [0.717, 1.165) is 37.4 Å². The maximum atomic E-state index is 7.37. The molecule has 1 aliphatic carbocycles. The van der Waals surface area contributed by atoms with Gasteiger partial charge in [0.15, 0.2) is 12.3 Å². The minimum absolute atomic E-state index is 0.107. The number of allylic oxidation sites excluding steroid dienone is 5. The number of benzene rings is 3. The molecule has 0 fully saturated rings. The number of hydrogen-bond donors (Lipinski definition) is 0. The monoisotopic (exact) mass is 649 g/mol. The van der Waals surface area contributed by atoms with Gasteiger partial charge in [-0.05, 0) is 90.8 Å². The molecule has 3 aliphatic rings. The van der Waals surface area contributed by atoms with Gasteiger partial charge in [-0.25, -0.2) is 0 Å². The van der Waals surface area contributed by atoms with Gasteiger partial charge in [-0.3, -0.25) is 0 Å². The normalized spacial score (nSPS) is 21.0. The van der Waals surface area contributed by atoms with E-state index in [9.17, 15) is 0 Å². The first-order valence-electron chi connectivity index (χ1n) is 17.0. The summed E-state index contributed by atoms with van der Waals surface area (Å²) in [6.07, 6.45) is 12.1. The molecule has 1 atom stereocenters. The minimum Gasteiger partial charge on any atom is -0.383 e. The SMILES string of the molecule is C=Cc1ccc2c(c1C)C(C)(C)C(C=C1CCCC(C=CC3=[N+](CCOC)c4ccc5ccccc5c4C3(C)C)=C1Cl)N2CCOC. The molecule has 0 saturated heterocycles. The summed E-state index contributed by atoms with van der Waals surface area (Å²) in [4.78, 5) is 2.52. The highest BCUT2D eigenvalue weighted by atomic mass is 35.5. The Morgan fingerprint density at radius 2 is 1.72 bits per heavy atom. The van der Waals surface area contributed by atoms with E-state index >= 15 is 0 Å². The molecule has 0 spiro atoms. The van der Waals surface area contributed by atoms with Crippen LogP contribution in [0.1, 0.15) is 69.2 Å². The fourth-order valence-corrected chi connectivity index (χ4v) is 8.77. The maximum absolute atomic E-state index is 7.37. The highest BCUT2D eigenvalue weighted by molar-refractivity contribution is 6.32. The van der Waals surface area contributed by atoms with Crippen LogP contribution in [0.25, 0.3) is 16.8 Å². The van der Waals surface area contributed by atoms with Crippen molar-refractivity contribution in [2.75, 3.05) is 45.4 Å². The summed E-state index contributed by atoms with van der Waals surface area (Å²) in [5.41, 5.74) is 11.3. The average Bonchev–Trinajstić information content (AvgIpc) is 3.41. The molecule has 0 aromatic heterocycles. The number of ether oxygens (including phenoxy) is 2. The standard InChI is InChI=1S/C42H50ClN2O2/c1-9-29-17-20-34-38(28(29)2)42(5,6)37(45(34)24-26-47-8)27-32-15-12-14-31(40(32)43)19-22-36-41(3,4)39-33-16-11-10-13-30(33)18-21-35(39)44(36)23-25-46-7/h9-11,13,16-22,27,37H,1,12,14-15,23-26H2,2-8H3/q+1. The van der Waals surface area contributed by atoms with Crippen LogP contribution in [0.2, 0.25) is 0 Å². The molecular formula is C42H50ClN2O2+. The van der Waals surface area contributed by atoms with Crippen molar-refractivity contribution >= 4 is 45.5 Å². The maximum Gasteiger partial charge on any atom is 0.210 e. The van der Waals surface area contributed by atoms with E-state index in [0.29, 0.717) is 13.2 Å². The van der Waals surface area contributed by atoms with Gasteiger partial charge in [-0.2, -0.15) is 4.58 Å². The van der Waals surface area contributed by atoms with Crippen molar-refractivity contribution in [3.8, 4) is 0 Å². The van der Waals surface area contributed by atoms with Crippen LogP contribution in [-0.2, 0) is 20.3 Å². The Balaban J connectivity index is 1.39. The van der Waals surface area contributed by atoms with Gasteiger partial charge in [0.1, 0.15) is 6.61 Å². The first-order valence-corrected chi connectivity index (χ1v) is 17.4. The third-order valence-corrected chi connectivity index (χ3v) is 11.3. The summed E-state index contributed by atoms with van der Waals surface area (Å²) in [5.74, 6) is 0. The molecule has 47 heavy (non-hydrogen) atoms. The molecule has 0 bridgehead atoms. The summed E-state index contributed by atoms with van der Waals surface area (Å²) in [5, 5.41) is 3.49. The molecule has 0 N–H and O–H groups in total. The van der Waals surface area contributed by atoms with Crippen molar-refractivity contribution in [1.29, 1.82) is 0 Å². The molecule has 2 heterocycles. The van der Waals surface area contributed by atoms with Crippen LogP contribution in [0, 0.1) is 6.92 Å². The third kappa shape index (κ3) is 5.73. The number of halogens is 1. The van der Waals surface area contributed by atoms with E-state index in [1.807, 2.05) is 6.08 Å². The van der Waals surface area contributed by atoms with Crippen LogP contribution in [0.3, 0.4) is 0 Å². The number of rotatable bonds is 10. The predicted molar refractivity (Wildman–Crippen MR) is 200 cm³/mol. The zero-order valence-electron chi connectivity index (χ0n) is 29.3. The lowest BCUT2D eigenvalue weighted by molar-refractivity contribution is -0.441. The molecule has 246 valence electrons. The fraction of sp³-hybridized carbons (Fsp3) is 0.405. The summed E-state index contributed by atoms with van der Waals surface area (Å²) in [6.45, 7) is 18.7. The van der Waals surface area contributed by atoms with Crippen molar-refractivity contribution in [2.24, 2.45) is 0 Å². The van der Waals surface area contributed by atoms with Gasteiger partial charge < -0.3 is 14.4 Å². The Hall–Kier alpha value is -3.44. The van der Waals surface area contributed by atoms with E-state index in [-0.39, 0.29) is 16.9 Å². The Bertz CT molecular complexity index is 1840. The molecule has 1 unspecified atom stereocenters. The summed E-state index contributed by atoms with van der Waals surface area (Å²) >= 11 is 7.37. The van der Waals surface area contributed by atoms with E-state index in [1.165, 1.54) is 61.3 Å². The summed E-state index contributed by atoms with van der Waals surface area (Å²) < 4.78 is 13.6. The van der Waals surface area contributed by atoms with Crippen LogP contribution in [0.4, 0.5) is 11.4 Å². The molecule has 3 aromatic rings. The molecule has 0 saturated carbocycles. The molecule has 6 rings (SSSR count). The second kappa shape index (κ2) is 13.2. The Labute approximate surface area is 286 Å². The Morgan fingerprint density at radius 1 is 0.957 bits per heavy atom. The number of methoxy groups -OCH3 is 2. The average molecular weight is 650 g/mol. The topological polar surface area (TPSA) is 24.7 Å². The molecular weight excluding hydrogens is 600 g/mol. The van der Waals surface area contributed by atoms with Crippen LogP contribution in [-0.4, -0.2) is 56.9 Å². The van der Waals surface area contributed by atoms with Crippen molar-refractivity contribution in [3.05, 3.63) is 112 Å². The van der Waals surface area contributed by atoms with Gasteiger partial charge in [0.2, 0.25) is 5.69 Å². The number of hydrogen-bond acceptors (Lipinski definition) is 3. The lowest BCUT2D eigenvalue weighted by Crippen LogP contribution is -2.42. The van der Waals surface area contributed by atoms with Crippen LogP contribution < -0.4 is 4.90 Å². The number of anilines is 1. The molecule has 5 heteroatoms. The van der Waals surface area contributed by atoms with E-state index in [2.05, 4.69) is 117 Å². The van der Waals surface area contributed by atoms with E-state index in [4.69, 9.17) is 21.1 Å². The van der Waals surface area contributed by atoms with Gasteiger partial charge in [0.25, 0.3) is 0 Å². The number of nitrogens with zero attached hydrogens (tertiary/aromatic N) is 2. The largest absolute Gasteiger partial charge is 0.383 e. The first kappa shape index (κ1) is 33.5. The Kier molecular flexibility index (Phi) is 9.41. The molecule has 3 aromatic carbocycles. The van der Waals surface area contributed by atoms with Crippen LogP contribution in [0.5, 0.6) is 0 Å². The van der Waals surface area contributed by atoms with Gasteiger partial charge in [-0.15, -0.1) is 0 Å². The zero-order chi connectivity index (χ0) is 33.5. The van der Waals surface area contributed by atoms with Gasteiger partial charge in [0, 0.05) is 54.6 Å². The van der Waals surface area contributed by atoms with Gasteiger partial charge >= 0.3 is 0 Å². The fourth-order valence-electron chi connectivity index (χ4n) is 8.46. The highest BCUT2D eigenvalue weighted by Gasteiger charge is 2.46. The second-order valence-corrected chi connectivity index (χ2v) is 14.7. The van der Waals surface area contributed by atoms with Crippen molar-refractivity contribution < 1.29 is 14.0 Å². The van der Waals surface area contributed by atoms with E-state index < -0.39 is 0 Å². The van der Waals surface area contributed by atoms with Gasteiger partial charge in [-0.1, -0.05) is 80.6 Å². The smallest absolute Gasteiger partial charge is 0.210 e. The van der Waals surface area contributed by atoms with Crippen LogP contribution in [0.15, 0.2) is 89.5 Å². The van der Waals surface area contributed by atoms with Crippen molar-refractivity contribution in [3.63, 3.8) is 0 Å². The number of fused-ring (bicyclic) bond motifs is 4. The second-order valence-electron chi connectivity index (χ2n) is 14.3. The quantitative estimate of drug-likeness (QED) is 0.204. The Morgan fingerprint density at radius 3 is 2.47 bits per heavy atom. The van der Waals surface area contributed by atoms with Crippen LogP contribution >= 0.6 is 11.6 Å².